The molecule has 0 spiro atoms. The van der Waals surface area contributed by atoms with Gasteiger partial charge in [-0.2, -0.15) is 10.2 Å². The third-order valence-corrected chi connectivity index (χ3v) is 3.35. The van der Waals surface area contributed by atoms with E-state index in [1.54, 1.807) is 10.9 Å². The summed E-state index contributed by atoms with van der Waals surface area (Å²) < 4.78 is 1.66. The Morgan fingerprint density at radius 2 is 2.00 bits per heavy atom. The molecule has 1 amide bonds. The predicted molar refractivity (Wildman–Crippen MR) is 79.6 cm³/mol. The zero-order chi connectivity index (χ0) is 14.8. The van der Waals surface area contributed by atoms with Crippen LogP contribution in [0.15, 0.2) is 42.7 Å². The van der Waals surface area contributed by atoms with Crippen molar-refractivity contribution in [2.75, 3.05) is 5.32 Å². The van der Waals surface area contributed by atoms with Crippen molar-refractivity contribution < 1.29 is 4.79 Å². The Morgan fingerprint density at radius 1 is 1.24 bits per heavy atom. The van der Waals surface area contributed by atoms with Gasteiger partial charge < -0.3 is 5.32 Å². The molecule has 0 aliphatic carbocycles. The Labute approximate surface area is 121 Å². The van der Waals surface area contributed by atoms with Crippen LogP contribution in [0.5, 0.6) is 0 Å². The van der Waals surface area contributed by atoms with Gasteiger partial charge in [-0.3, -0.25) is 9.89 Å². The minimum Gasteiger partial charge on any atom is -0.305 e. The molecule has 0 bridgehead atoms. The quantitative estimate of drug-likeness (QED) is 0.774. The van der Waals surface area contributed by atoms with E-state index >= 15 is 0 Å². The number of benzene rings is 1. The van der Waals surface area contributed by atoms with Crippen molar-refractivity contribution in [1.82, 2.24) is 20.0 Å². The molecular formula is C15H15N5O. The number of para-hydroxylation sites is 1. The molecule has 0 atom stereocenters. The summed E-state index contributed by atoms with van der Waals surface area (Å²) in [5.74, 6) is 0.316. The summed E-state index contributed by atoms with van der Waals surface area (Å²) in [7, 11) is 0. The number of aromatic amines is 1. The van der Waals surface area contributed by atoms with Crippen LogP contribution in [-0.2, 0) is 0 Å². The van der Waals surface area contributed by atoms with Crippen LogP contribution in [0.1, 0.15) is 21.6 Å². The Balaban J connectivity index is 1.80. The number of hydrogen-bond donors (Lipinski definition) is 2. The molecule has 6 heteroatoms. The average molecular weight is 281 g/mol. The van der Waals surface area contributed by atoms with Crippen LogP contribution in [0.4, 0.5) is 5.82 Å². The van der Waals surface area contributed by atoms with Crippen molar-refractivity contribution in [1.29, 1.82) is 0 Å². The van der Waals surface area contributed by atoms with Gasteiger partial charge in [0.1, 0.15) is 0 Å². The number of rotatable bonds is 3. The Morgan fingerprint density at radius 3 is 2.67 bits per heavy atom. The number of hydrogen-bond acceptors (Lipinski definition) is 3. The fraction of sp³-hybridized carbons (Fsp3) is 0.133. The van der Waals surface area contributed by atoms with E-state index in [-0.39, 0.29) is 5.91 Å². The van der Waals surface area contributed by atoms with Gasteiger partial charge in [-0.25, -0.2) is 4.68 Å². The van der Waals surface area contributed by atoms with Gasteiger partial charge in [-0.05, 0) is 26.0 Å². The van der Waals surface area contributed by atoms with Gasteiger partial charge in [-0.15, -0.1) is 0 Å². The molecule has 106 valence electrons. The second-order valence-corrected chi connectivity index (χ2v) is 4.79. The topological polar surface area (TPSA) is 75.6 Å². The molecule has 6 nitrogen and oxygen atoms in total. The van der Waals surface area contributed by atoms with Crippen LogP contribution in [0.2, 0.25) is 0 Å². The minimum atomic E-state index is -0.230. The smallest absolute Gasteiger partial charge is 0.260 e. The summed E-state index contributed by atoms with van der Waals surface area (Å²) in [5, 5.41) is 13.9. The Kier molecular flexibility index (Phi) is 3.27. The molecule has 3 rings (SSSR count). The molecule has 0 aliphatic heterocycles. The molecular weight excluding hydrogens is 266 g/mol. The highest BCUT2D eigenvalue weighted by atomic mass is 16.1. The molecule has 3 aromatic rings. The highest BCUT2D eigenvalue weighted by Crippen LogP contribution is 2.15. The molecule has 0 fully saturated rings. The van der Waals surface area contributed by atoms with E-state index < -0.39 is 0 Å². The summed E-state index contributed by atoms with van der Waals surface area (Å²) in [4.78, 5) is 12.2. The van der Waals surface area contributed by atoms with Gasteiger partial charge in [0.05, 0.1) is 17.4 Å². The van der Waals surface area contributed by atoms with Crippen molar-refractivity contribution in [2.24, 2.45) is 0 Å². The SMILES string of the molecule is Cc1[nH]nc(NC(=O)c2cnn(-c3ccccc3)c2)c1C. The summed E-state index contributed by atoms with van der Waals surface area (Å²) in [6, 6.07) is 9.63. The monoisotopic (exact) mass is 281 g/mol. The number of nitrogens with one attached hydrogen (secondary N) is 2. The first kappa shape index (κ1) is 13.1. The first-order valence-corrected chi connectivity index (χ1v) is 6.58. The number of carbonyl (C=O) groups excluding carboxylic acids is 1. The van der Waals surface area contributed by atoms with Crippen LogP contribution in [0, 0.1) is 13.8 Å². The van der Waals surface area contributed by atoms with Crippen LogP contribution < -0.4 is 5.32 Å². The fourth-order valence-corrected chi connectivity index (χ4v) is 1.95. The summed E-state index contributed by atoms with van der Waals surface area (Å²) in [6.07, 6.45) is 3.23. The van der Waals surface area contributed by atoms with E-state index in [9.17, 15) is 4.79 Å². The number of carbonyl (C=O) groups is 1. The summed E-state index contributed by atoms with van der Waals surface area (Å²) >= 11 is 0. The highest BCUT2D eigenvalue weighted by Gasteiger charge is 2.13. The number of aryl methyl sites for hydroxylation is 1. The minimum absolute atomic E-state index is 0.230. The van der Waals surface area contributed by atoms with E-state index in [0.717, 1.165) is 16.9 Å². The number of anilines is 1. The fourth-order valence-electron chi connectivity index (χ4n) is 1.95. The lowest BCUT2D eigenvalue weighted by molar-refractivity contribution is 0.102. The maximum Gasteiger partial charge on any atom is 0.260 e. The van der Waals surface area contributed by atoms with E-state index in [1.807, 2.05) is 44.2 Å². The first-order chi connectivity index (χ1) is 10.1. The number of H-pyrrole nitrogens is 1. The van der Waals surface area contributed by atoms with Gasteiger partial charge in [0, 0.05) is 17.5 Å². The third-order valence-electron chi connectivity index (χ3n) is 3.35. The Bertz CT molecular complexity index is 772. The molecule has 21 heavy (non-hydrogen) atoms. The lowest BCUT2D eigenvalue weighted by atomic mass is 10.2. The molecule has 0 saturated heterocycles. The lowest BCUT2D eigenvalue weighted by Gasteiger charge is -2.01. The lowest BCUT2D eigenvalue weighted by Crippen LogP contribution is -2.12. The average Bonchev–Trinajstić information content (AvgIpc) is 3.11. The summed E-state index contributed by atoms with van der Waals surface area (Å²) in [6.45, 7) is 3.81. The van der Waals surface area contributed by atoms with Gasteiger partial charge in [0.15, 0.2) is 5.82 Å². The number of aromatic nitrogens is 4. The first-order valence-electron chi connectivity index (χ1n) is 6.58. The molecule has 0 saturated carbocycles. The molecule has 2 aromatic heterocycles. The van der Waals surface area contributed by atoms with Gasteiger partial charge >= 0.3 is 0 Å². The maximum absolute atomic E-state index is 12.2. The maximum atomic E-state index is 12.2. The Hall–Kier alpha value is -2.89. The van der Waals surface area contributed by atoms with Crippen molar-refractivity contribution in [3.05, 3.63) is 59.5 Å². The standard InChI is InChI=1S/C15H15N5O/c1-10-11(2)18-19-14(10)17-15(21)12-8-16-20(9-12)13-6-4-3-5-7-13/h3-9H,1-2H3,(H2,17,18,19,21). The van der Waals surface area contributed by atoms with E-state index in [1.165, 1.54) is 6.20 Å². The molecule has 2 N–H and O–H groups in total. The van der Waals surface area contributed by atoms with Crippen molar-refractivity contribution in [3.8, 4) is 5.69 Å². The summed E-state index contributed by atoms with van der Waals surface area (Å²) in [5.41, 5.74) is 3.26. The predicted octanol–water partition coefficient (Wildman–Crippen LogP) is 2.46. The third kappa shape index (κ3) is 2.55. The van der Waals surface area contributed by atoms with Crippen LogP contribution in [0.3, 0.4) is 0 Å². The van der Waals surface area contributed by atoms with Crippen LogP contribution >= 0.6 is 0 Å². The van der Waals surface area contributed by atoms with Crippen LogP contribution in [-0.4, -0.2) is 25.9 Å². The molecule has 2 heterocycles. The second-order valence-electron chi connectivity index (χ2n) is 4.79. The van der Waals surface area contributed by atoms with Gasteiger partial charge in [0.25, 0.3) is 5.91 Å². The zero-order valence-corrected chi connectivity index (χ0v) is 11.8. The van der Waals surface area contributed by atoms with Crippen molar-refractivity contribution in [2.45, 2.75) is 13.8 Å². The molecule has 0 aliphatic rings. The highest BCUT2D eigenvalue weighted by molar-refractivity contribution is 6.03. The number of amides is 1. The normalized spacial score (nSPS) is 10.6. The largest absolute Gasteiger partial charge is 0.305 e. The zero-order valence-electron chi connectivity index (χ0n) is 11.8. The van der Waals surface area contributed by atoms with Gasteiger partial charge in [0.2, 0.25) is 0 Å². The van der Waals surface area contributed by atoms with Crippen molar-refractivity contribution >= 4 is 11.7 Å². The molecule has 1 aromatic carbocycles. The second kappa shape index (κ2) is 5.24. The van der Waals surface area contributed by atoms with Gasteiger partial charge in [-0.1, -0.05) is 18.2 Å². The number of nitrogens with zero attached hydrogens (tertiary/aromatic N) is 3. The van der Waals surface area contributed by atoms with Crippen LogP contribution in [0.25, 0.3) is 5.69 Å². The van der Waals surface area contributed by atoms with Crippen molar-refractivity contribution in [3.63, 3.8) is 0 Å². The molecule has 0 radical (unpaired) electrons. The molecule has 0 unspecified atom stereocenters. The van der Waals surface area contributed by atoms with E-state index in [4.69, 9.17) is 0 Å². The van der Waals surface area contributed by atoms with E-state index in [0.29, 0.717) is 11.4 Å². The van der Waals surface area contributed by atoms with E-state index in [2.05, 4.69) is 20.6 Å².